The summed E-state index contributed by atoms with van der Waals surface area (Å²) in [6.07, 6.45) is 4.47. The van der Waals surface area contributed by atoms with Crippen molar-refractivity contribution in [1.29, 1.82) is 0 Å². The normalized spacial score (nSPS) is 15.6. The summed E-state index contributed by atoms with van der Waals surface area (Å²) in [5, 5.41) is 5.97. The Balaban J connectivity index is 1.60. The Morgan fingerprint density at radius 3 is 3.04 bits per heavy atom. The number of furan rings is 1. The van der Waals surface area contributed by atoms with E-state index in [1.165, 1.54) is 17.7 Å². The van der Waals surface area contributed by atoms with E-state index < -0.39 is 0 Å². The quantitative estimate of drug-likeness (QED) is 0.561. The number of nitrogens with zero attached hydrogens (tertiary/aromatic N) is 1. The number of fused-ring (bicyclic) bond motifs is 1. The van der Waals surface area contributed by atoms with Crippen molar-refractivity contribution < 1.29 is 4.42 Å². The average Bonchev–Trinajstić information content (AvgIpc) is 3.13. The van der Waals surface area contributed by atoms with Gasteiger partial charge >= 0.3 is 0 Å². The van der Waals surface area contributed by atoms with Crippen LogP contribution in [0.3, 0.4) is 0 Å². The van der Waals surface area contributed by atoms with Gasteiger partial charge in [-0.1, -0.05) is 30.5 Å². The van der Waals surface area contributed by atoms with Crippen LogP contribution in [0.25, 0.3) is 11.1 Å². The summed E-state index contributed by atoms with van der Waals surface area (Å²) in [4.78, 5) is 5.74. The summed E-state index contributed by atoms with van der Waals surface area (Å²) in [5.41, 5.74) is 9.83. The molecule has 1 saturated carbocycles. The number of rotatable bonds is 7. The summed E-state index contributed by atoms with van der Waals surface area (Å²) >= 11 is 7.96. The van der Waals surface area contributed by atoms with Crippen molar-refractivity contribution >= 4 is 39.7 Å². The fourth-order valence-electron chi connectivity index (χ4n) is 3.22. The van der Waals surface area contributed by atoms with Crippen LogP contribution in [0.1, 0.15) is 35.5 Å². The lowest BCUT2D eigenvalue weighted by atomic mass is 10.0. The molecule has 0 saturated heterocycles. The molecule has 0 radical (unpaired) electrons. The van der Waals surface area contributed by atoms with Gasteiger partial charge in [0.2, 0.25) is 0 Å². The molecule has 0 amide bonds. The molecule has 0 unspecified atom stereocenters. The summed E-state index contributed by atoms with van der Waals surface area (Å²) in [7, 11) is 0. The van der Waals surface area contributed by atoms with E-state index >= 15 is 0 Å². The van der Waals surface area contributed by atoms with Crippen molar-refractivity contribution in [3.05, 3.63) is 44.9 Å². The van der Waals surface area contributed by atoms with Gasteiger partial charge in [-0.05, 0) is 30.7 Å². The zero-order valence-corrected chi connectivity index (χ0v) is 15.8. The number of thiophene rings is 1. The molecule has 1 fully saturated rings. The van der Waals surface area contributed by atoms with Gasteiger partial charge in [-0.2, -0.15) is 0 Å². The van der Waals surface area contributed by atoms with E-state index in [-0.39, 0.29) is 6.04 Å². The number of aryl methyl sites for hydroxylation is 1. The van der Waals surface area contributed by atoms with Crippen molar-refractivity contribution in [2.75, 3.05) is 5.32 Å². The van der Waals surface area contributed by atoms with E-state index in [1.807, 2.05) is 19.1 Å². The minimum Gasteiger partial charge on any atom is -0.457 e. The Morgan fingerprint density at radius 1 is 1.48 bits per heavy atom. The van der Waals surface area contributed by atoms with E-state index in [1.54, 1.807) is 11.3 Å². The maximum atomic E-state index is 6.31. The maximum Gasteiger partial charge on any atom is 0.176 e. The zero-order valence-electron chi connectivity index (χ0n) is 14.2. The van der Waals surface area contributed by atoms with Gasteiger partial charge < -0.3 is 15.5 Å². The first kappa shape index (κ1) is 16.9. The summed E-state index contributed by atoms with van der Waals surface area (Å²) in [6.45, 7) is 2.78. The van der Waals surface area contributed by atoms with Gasteiger partial charge in [0.15, 0.2) is 5.58 Å². The second kappa shape index (κ2) is 6.98. The van der Waals surface area contributed by atoms with E-state index in [9.17, 15) is 0 Å². The summed E-state index contributed by atoms with van der Waals surface area (Å²) in [6, 6.07) is 6.12. The molecule has 1 aliphatic carbocycles. The second-order valence-corrected chi connectivity index (χ2v) is 8.32. The van der Waals surface area contributed by atoms with E-state index in [4.69, 9.17) is 21.8 Å². The Hall–Kier alpha value is -1.56. The van der Waals surface area contributed by atoms with Gasteiger partial charge in [0, 0.05) is 35.5 Å². The van der Waals surface area contributed by atoms with Crippen molar-refractivity contribution in [1.82, 2.24) is 4.98 Å². The first-order chi connectivity index (χ1) is 12.1. The van der Waals surface area contributed by atoms with Crippen LogP contribution >= 0.6 is 22.9 Å². The fraction of sp³-hybridized carbons (Fsp3) is 0.421. The molecule has 3 N–H and O–H groups in total. The molecule has 3 aromatic rings. The summed E-state index contributed by atoms with van der Waals surface area (Å²) in [5.74, 6) is 1.74. The molecule has 3 aromatic heterocycles. The van der Waals surface area contributed by atoms with Crippen LogP contribution in [-0.2, 0) is 13.0 Å². The number of aromatic nitrogens is 1. The third-order valence-electron chi connectivity index (χ3n) is 4.75. The monoisotopic (exact) mass is 375 g/mol. The van der Waals surface area contributed by atoms with E-state index in [0.717, 1.165) is 53.4 Å². The molecule has 4 nitrogen and oxygen atoms in total. The van der Waals surface area contributed by atoms with E-state index in [0.29, 0.717) is 5.15 Å². The van der Waals surface area contributed by atoms with Gasteiger partial charge in [0.05, 0.1) is 5.69 Å². The van der Waals surface area contributed by atoms with Crippen LogP contribution in [-0.4, -0.2) is 11.0 Å². The molecular weight excluding hydrogens is 354 g/mol. The number of hydrogen-bond donors (Lipinski definition) is 2. The smallest absolute Gasteiger partial charge is 0.176 e. The van der Waals surface area contributed by atoms with Crippen LogP contribution < -0.4 is 11.1 Å². The summed E-state index contributed by atoms with van der Waals surface area (Å²) < 4.78 is 6.17. The highest BCUT2D eigenvalue weighted by Gasteiger charge is 2.25. The van der Waals surface area contributed by atoms with Gasteiger partial charge in [-0.25, -0.2) is 4.98 Å². The predicted octanol–water partition coefficient (Wildman–Crippen LogP) is 5.13. The fourth-order valence-corrected chi connectivity index (χ4v) is 4.05. The molecule has 4 rings (SSSR count). The highest BCUT2D eigenvalue weighted by atomic mass is 35.5. The van der Waals surface area contributed by atoms with Crippen molar-refractivity contribution in [3.8, 4) is 0 Å². The topological polar surface area (TPSA) is 64.1 Å². The molecule has 0 spiro atoms. The van der Waals surface area contributed by atoms with Crippen LogP contribution in [0.4, 0.5) is 5.69 Å². The zero-order chi connectivity index (χ0) is 17.4. The lowest BCUT2D eigenvalue weighted by Crippen LogP contribution is -2.23. The van der Waals surface area contributed by atoms with Crippen molar-refractivity contribution in [2.45, 2.75) is 45.2 Å². The van der Waals surface area contributed by atoms with Crippen molar-refractivity contribution in [3.63, 3.8) is 0 Å². The number of nitrogens with one attached hydrogen (secondary N) is 1. The standard InChI is InChI=1S/C19H22ClN3OS/c1-11-16(8-13(21)7-12-4-5-12)24-19-15(9-17(20)23-18(11)19)22-10-14-3-2-6-25-14/h2-3,6,9,12-13H,4-5,7-8,10,21H2,1H3,(H,22,23)/t13-/m0/s1. The molecule has 6 heteroatoms. The van der Waals surface area contributed by atoms with Crippen LogP contribution in [0.5, 0.6) is 0 Å². The van der Waals surface area contributed by atoms with Gasteiger partial charge in [0.1, 0.15) is 16.4 Å². The number of pyridine rings is 1. The number of anilines is 1. The second-order valence-electron chi connectivity index (χ2n) is 6.90. The molecule has 25 heavy (non-hydrogen) atoms. The largest absolute Gasteiger partial charge is 0.457 e. The molecule has 1 aliphatic rings. The number of hydrogen-bond acceptors (Lipinski definition) is 5. The third kappa shape index (κ3) is 3.84. The maximum absolute atomic E-state index is 6.31. The highest BCUT2D eigenvalue weighted by molar-refractivity contribution is 7.09. The minimum atomic E-state index is 0.143. The molecule has 1 atom stereocenters. The highest BCUT2D eigenvalue weighted by Crippen LogP contribution is 2.36. The SMILES string of the molecule is Cc1c(C[C@@H](N)CC2CC2)oc2c(NCc3cccs3)cc(Cl)nc12. The van der Waals surface area contributed by atoms with Gasteiger partial charge in [0.25, 0.3) is 0 Å². The van der Waals surface area contributed by atoms with Crippen LogP contribution in [0.15, 0.2) is 28.0 Å². The van der Waals surface area contributed by atoms with E-state index in [2.05, 4.69) is 21.7 Å². The molecule has 0 bridgehead atoms. The predicted molar refractivity (Wildman–Crippen MR) is 104 cm³/mol. The number of nitrogens with two attached hydrogens (primary N) is 1. The Bertz CT molecular complexity index is 871. The Kier molecular flexibility index (Phi) is 4.71. The molecule has 3 heterocycles. The lowest BCUT2D eigenvalue weighted by Gasteiger charge is -2.09. The van der Waals surface area contributed by atoms with Crippen LogP contribution in [0.2, 0.25) is 5.15 Å². The first-order valence-electron chi connectivity index (χ1n) is 8.70. The van der Waals surface area contributed by atoms with Crippen LogP contribution in [0, 0.1) is 12.8 Å². The Labute approximate surface area is 156 Å². The third-order valence-corrected chi connectivity index (χ3v) is 5.82. The molecule has 132 valence electrons. The molecule has 0 aromatic carbocycles. The molecule has 0 aliphatic heterocycles. The Morgan fingerprint density at radius 2 is 2.32 bits per heavy atom. The van der Waals surface area contributed by atoms with Gasteiger partial charge in [-0.3, -0.25) is 0 Å². The van der Waals surface area contributed by atoms with Crippen molar-refractivity contribution in [2.24, 2.45) is 11.7 Å². The minimum absolute atomic E-state index is 0.143. The first-order valence-corrected chi connectivity index (χ1v) is 9.96. The molecular formula is C19H22ClN3OS. The van der Waals surface area contributed by atoms with Gasteiger partial charge in [-0.15, -0.1) is 11.3 Å². The lowest BCUT2D eigenvalue weighted by molar-refractivity contribution is 0.484. The average molecular weight is 376 g/mol. The number of halogens is 1.